The quantitative estimate of drug-likeness (QED) is 0.730. The summed E-state index contributed by atoms with van der Waals surface area (Å²) in [5.41, 5.74) is 5.79. The largest absolute Gasteiger partial charge is 0.382 e. The van der Waals surface area contributed by atoms with Crippen molar-refractivity contribution < 1.29 is 14.3 Å². The molecule has 1 unspecified atom stereocenters. The van der Waals surface area contributed by atoms with Gasteiger partial charge in [0, 0.05) is 12.6 Å². The van der Waals surface area contributed by atoms with Crippen LogP contribution in [0, 0.1) is 0 Å². The van der Waals surface area contributed by atoms with Crippen molar-refractivity contribution in [1.82, 2.24) is 10.3 Å². The number of nitrogens with two attached hydrogens (primary N) is 1. The molecule has 110 valence electrons. The molecule has 1 aromatic heterocycles. The summed E-state index contributed by atoms with van der Waals surface area (Å²) >= 11 is 1.29. The van der Waals surface area contributed by atoms with Crippen molar-refractivity contribution in [2.75, 3.05) is 37.4 Å². The zero-order valence-corrected chi connectivity index (χ0v) is 11.9. The number of amides is 1. The number of nitrogen functional groups attached to an aromatic ring is 1. The summed E-state index contributed by atoms with van der Waals surface area (Å²) in [6.07, 6.45) is 2.21. The fourth-order valence-corrected chi connectivity index (χ4v) is 2.78. The second-order valence-corrected chi connectivity index (χ2v) is 5.93. The summed E-state index contributed by atoms with van der Waals surface area (Å²) in [5.74, 6) is 0.0643. The lowest BCUT2D eigenvalue weighted by atomic mass is 10.3. The van der Waals surface area contributed by atoms with E-state index < -0.39 is 0 Å². The first-order chi connectivity index (χ1) is 9.72. The molecular formula is C12H18N4O3S. The first-order valence-electron chi connectivity index (χ1n) is 6.73. The summed E-state index contributed by atoms with van der Waals surface area (Å²) in [6.45, 7) is 2.11. The monoisotopic (exact) mass is 298 g/mol. The van der Waals surface area contributed by atoms with Crippen molar-refractivity contribution in [3.63, 3.8) is 0 Å². The van der Waals surface area contributed by atoms with Gasteiger partial charge < -0.3 is 25.8 Å². The van der Waals surface area contributed by atoms with Crippen molar-refractivity contribution in [2.24, 2.45) is 0 Å². The highest BCUT2D eigenvalue weighted by Gasteiger charge is 2.24. The van der Waals surface area contributed by atoms with E-state index in [1.54, 1.807) is 0 Å². The van der Waals surface area contributed by atoms with Crippen LogP contribution >= 0.6 is 11.3 Å². The SMILES string of the molecule is Nc1nc(NC2CC2)sc1C(=O)NCC1COCCO1. The van der Waals surface area contributed by atoms with Crippen LogP contribution in [0.3, 0.4) is 0 Å². The van der Waals surface area contributed by atoms with Gasteiger partial charge in [0.2, 0.25) is 0 Å². The summed E-state index contributed by atoms with van der Waals surface area (Å²) in [4.78, 5) is 16.7. The fraction of sp³-hybridized carbons (Fsp3) is 0.667. The predicted octanol–water partition coefficient (Wildman–Crippen LogP) is 0.445. The Morgan fingerprint density at radius 2 is 2.30 bits per heavy atom. The maximum absolute atomic E-state index is 12.1. The minimum Gasteiger partial charge on any atom is -0.382 e. The van der Waals surface area contributed by atoms with Crippen molar-refractivity contribution in [3.8, 4) is 0 Å². The van der Waals surface area contributed by atoms with Crippen LogP contribution in [0.5, 0.6) is 0 Å². The molecule has 1 saturated heterocycles. The Bertz CT molecular complexity index is 483. The zero-order chi connectivity index (χ0) is 13.9. The number of ether oxygens (including phenoxy) is 2. The molecule has 2 aliphatic rings. The molecule has 2 fully saturated rings. The molecule has 1 amide bonds. The van der Waals surface area contributed by atoms with Gasteiger partial charge >= 0.3 is 0 Å². The molecule has 2 heterocycles. The Kier molecular flexibility index (Phi) is 4.04. The third-order valence-corrected chi connectivity index (χ3v) is 4.14. The number of rotatable bonds is 5. The van der Waals surface area contributed by atoms with E-state index in [0.29, 0.717) is 42.4 Å². The van der Waals surface area contributed by atoms with E-state index in [2.05, 4.69) is 15.6 Å². The topological polar surface area (TPSA) is 98.5 Å². The van der Waals surface area contributed by atoms with Crippen LogP contribution in [-0.2, 0) is 9.47 Å². The lowest BCUT2D eigenvalue weighted by Crippen LogP contribution is -2.39. The van der Waals surface area contributed by atoms with E-state index in [4.69, 9.17) is 15.2 Å². The van der Waals surface area contributed by atoms with Crippen LogP contribution in [0.2, 0.25) is 0 Å². The van der Waals surface area contributed by atoms with Gasteiger partial charge in [-0.15, -0.1) is 0 Å². The third kappa shape index (κ3) is 3.38. The summed E-state index contributed by atoms with van der Waals surface area (Å²) < 4.78 is 10.7. The lowest BCUT2D eigenvalue weighted by Gasteiger charge is -2.22. The maximum atomic E-state index is 12.1. The lowest BCUT2D eigenvalue weighted by molar-refractivity contribution is -0.0855. The number of aromatic nitrogens is 1. The molecule has 0 bridgehead atoms. The highest BCUT2D eigenvalue weighted by molar-refractivity contribution is 7.18. The number of nitrogens with zero attached hydrogens (tertiary/aromatic N) is 1. The Balaban J connectivity index is 1.54. The maximum Gasteiger partial charge on any atom is 0.265 e. The standard InChI is InChI=1S/C12H18N4O3S/c13-10-9(20-12(16-10)15-7-1-2-7)11(17)14-5-8-6-18-3-4-19-8/h7-8H,1-6,13H2,(H,14,17)(H,15,16). The molecule has 8 heteroatoms. The van der Waals surface area contributed by atoms with Gasteiger partial charge in [-0.2, -0.15) is 0 Å². The highest BCUT2D eigenvalue weighted by Crippen LogP contribution is 2.30. The van der Waals surface area contributed by atoms with Crippen LogP contribution in [0.1, 0.15) is 22.5 Å². The number of carbonyl (C=O) groups is 1. The molecule has 1 aliphatic heterocycles. The number of hydrogen-bond donors (Lipinski definition) is 3. The normalized spacial score (nSPS) is 22.5. The Labute approximate surface area is 120 Å². The molecule has 1 aromatic rings. The molecule has 1 saturated carbocycles. The summed E-state index contributed by atoms with van der Waals surface area (Å²) in [5, 5.41) is 6.77. The molecular weight excluding hydrogens is 280 g/mol. The Morgan fingerprint density at radius 1 is 1.45 bits per heavy atom. The molecule has 0 spiro atoms. The molecule has 1 atom stereocenters. The average Bonchev–Trinajstić information content (AvgIpc) is 3.19. The van der Waals surface area contributed by atoms with Crippen LogP contribution in [0.15, 0.2) is 0 Å². The highest BCUT2D eigenvalue weighted by atomic mass is 32.1. The van der Waals surface area contributed by atoms with Gasteiger partial charge in [-0.1, -0.05) is 11.3 Å². The number of hydrogen-bond acceptors (Lipinski definition) is 7. The van der Waals surface area contributed by atoms with E-state index in [1.165, 1.54) is 11.3 Å². The van der Waals surface area contributed by atoms with Gasteiger partial charge in [-0.05, 0) is 12.8 Å². The van der Waals surface area contributed by atoms with E-state index in [-0.39, 0.29) is 17.8 Å². The van der Waals surface area contributed by atoms with Gasteiger partial charge in [0.05, 0.1) is 25.9 Å². The number of anilines is 2. The molecule has 3 rings (SSSR count). The van der Waals surface area contributed by atoms with Gasteiger partial charge in [0.1, 0.15) is 10.7 Å². The second-order valence-electron chi connectivity index (χ2n) is 4.93. The zero-order valence-electron chi connectivity index (χ0n) is 11.1. The third-order valence-electron chi connectivity index (χ3n) is 3.14. The van der Waals surface area contributed by atoms with E-state index in [0.717, 1.165) is 12.8 Å². The van der Waals surface area contributed by atoms with Gasteiger partial charge in [-0.25, -0.2) is 4.98 Å². The molecule has 0 radical (unpaired) electrons. The molecule has 1 aliphatic carbocycles. The van der Waals surface area contributed by atoms with Crippen LogP contribution in [-0.4, -0.2) is 49.4 Å². The van der Waals surface area contributed by atoms with Crippen LogP contribution < -0.4 is 16.4 Å². The van der Waals surface area contributed by atoms with Crippen molar-refractivity contribution >= 4 is 28.2 Å². The fourth-order valence-electron chi connectivity index (χ4n) is 1.90. The Morgan fingerprint density at radius 3 is 3.00 bits per heavy atom. The van der Waals surface area contributed by atoms with Gasteiger partial charge in [-0.3, -0.25) is 4.79 Å². The van der Waals surface area contributed by atoms with Gasteiger partial charge in [0.25, 0.3) is 5.91 Å². The molecule has 7 nitrogen and oxygen atoms in total. The average molecular weight is 298 g/mol. The minimum absolute atomic E-state index is 0.0918. The van der Waals surface area contributed by atoms with E-state index in [1.807, 2.05) is 0 Å². The number of nitrogens with one attached hydrogen (secondary N) is 2. The smallest absolute Gasteiger partial charge is 0.265 e. The first kappa shape index (κ1) is 13.6. The predicted molar refractivity (Wildman–Crippen MR) is 76.1 cm³/mol. The number of thiazole rings is 1. The minimum atomic E-state index is -0.210. The van der Waals surface area contributed by atoms with E-state index >= 15 is 0 Å². The first-order valence-corrected chi connectivity index (χ1v) is 7.54. The van der Waals surface area contributed by atoms with Crippen LogP contribution in [0.4, 0.5) is 10.9 Å². The summed E-state index contributed by atoms with van der Waals surface area (Å²) in [7, 11) is 0. The molecule has 4 N–H and O–H groups in total. The second kappa shape index (κ2) is 5.94. The van der Waals surface area contributed by atoms with Crippen molar-refractivity contribution in [1.29, 1.82) is 0 Å². The summed E-state index contributed by atoms with van der Waals surface area (Å²) in [6, 6.07) is 0.490. The molecule has 0 aromatic carbocycles. The number of carbonyl (C=O) groups excluding carboxylic acids is 1. The van der Waals surface area contributed by atoms with Crippen molar-refractivity contribution in [3.05, 3.63) is 4.88 Å². The Hall–Kier alpha value is -1.38. The van der Waals surface area contributed by atoms with Gasteiger partial charge in [0.15, 0.2) is 5.13 Å². The van der Waals surface area contributed by atoms with Crippen molar-refractivity contribution in [2.45, 2.75) is 25.0 Å². The van der Waals surface area contributed by atoms with E-state index in [9.17, 15) is 4.79 Å². The van der Waals surface area contributed by atoms with Crippen LogP contribution in [0.25, 0.3) is 0 Å². The molecule has 20 heavy (non-hydrogen) atoms.